The van der Waals surface area contributed by atoms with Gasteiger partial charge in [0.15, 0.2) is 12.1 Å². The maximum absolute atomic E-state index is 10.7. The molecule has 3 nitrogen and oxygen atoms in total. The number of carbonyl (C=O) groups excluding carboxylic acids is 1. The number of rotatable bonds is 5. The maximum Gasteiger partial charge on any atom is 0.181 e. The smallest absolute Gasteiger partial charge is 0.181 e. The first-order chi connectivity index (χ1) is 6.33. The second-order valence-corrected chi connectivity index (χ2v) is 3.08. The van der Waals surface area contributed by atoms with Gasteiger partial charge < -0.3 is 9.47 Å². The molecule has 1 atom stereocenters. The first kappa shape index (κ1) is 10.4. The van der Waals surface area contributed by atoms with E-state index in [4.69, 9.17) is 9.47 Å². The van der Waals surface area contributed by atoms with Crippen LogP contribution in [0.15, 0.2) is 12.2 Å². The summed E-state index contributed by atoms with van der Waals surface area (Å²) < 4.78 is 10.5. The number of unbranched alkanes of at least 4 members (excludes halogenated alkanes) is 2. The van der Waals surface area contributed by atoms with Crippen LogP contribution in [0.4, 0.5) is 0 Å². The maximum atomic E-state index is 10.7. The van der Waals surface area contributed by atoms with Crippen molar-refractivity contribution < 1.29 is 14.3 Å². The van der Waals surface area contributed by atoms with Gasteiger partial charge >= 0.3 is 0 Å². The highest BCUT2D eigenvalue weighted by atomic mass is 16.7. The molecule has 3 heteroatoms. The fraction of sp³-hybridized carbons (Fsp3) is 0.700. The molecule has 0 aromatic rings. The Bertz CT molecular complexity index is 187. The Kier molecular flexibility index (Phi) is 4.72. The van der Waals surface area contributed by atoms with Crippen LogP contribution in [0, 0.1) is 0 Å². The normalized spacial score (nSPS) is 22.2. The van der Waals surface area contributed by atoms with E-state index in [0.29, 0.717) is 6.61 Å². The molecule has 1 aliphatic rings. The van der Waals surface area contributed by atoms with E-state index in [1.165, 1.54) is 18.9 Å². The monoisotopic (exact) mass is 184 g/mol. The first-order valence-electron chi connectivity index (χ1n) is 4.77. The molecule has 0 saturated carbocycles. The van der Waals surface area contributed by atoms with Crippen molar-refractivity contribution in [3.05, 3.63) is 12.2 Å². The molecule has 0 saturated heterocycles. The summed E-state index contributed by atoms with van der Waals surface area (Å²) in [5, 5.41) is 0. The standard InChI is InChI=1S/C10H16O3/c1-2-3-4-7-12-10-6-5-9(11)8-13-10/h5-6,10H,2-4,7-8H2,1H3/t10-/m1/s1. The van der Waals surface area contributed by atoms with Crippen LogP contribution in [0.2, 0.25) is 0 Å². The number of hydrogen-bond donors (Lipinski definition) is 0. The van der Waals surface area contributed by atoms with Gasteiger partial charge in [-0.25, -0.2) is 0 Å². The van der Waals surface area contributed by atoms with Gasteiger partial charge in [-0.2, -0.15) is 0 Å². The lowest BCUT2D eigenvalue weighted by molar-refractivity contribution is -0.142. The van der Waals surface area contributed by atoms with Crippen LogP contribution in [-0.2, 0) is 14.3 Å². The van der Waals surface area contributed by atoms with Crippen molar-refractivity contribution in [1.29, 1.82) is 0 Å². The summed E-state index contributed by atoms with van der Waals surface area (Å²) in [6, 6.07) is 0. The van der Waals surface area contributed by atoms with E-state index in [-0.39, 0.29) is 18.7 Å². The van der Waals surface area contributed by atoms with Gasteiger partial charge in [0.1, 0.15) is 6.61 Å². The highest BCUT2D eigenvalue weighted by Gasteiger charge is 2.12. The Hall–Kier alpha value is -0.670. The number of ether oxygens (including phenoxy) is 2. The summed E-state index contributed by atoms with van der Waals surface area (Å²) in [4.78, 5) is 10.7. The molecular weight excluding hydrogens is 168 g/mol. The van der Waals surface area contributed by atoms with E-state index in [1.54, 1.807) is 6.08 Å². The van der Waals surface area contributed by atoms with E-state index < -0.39 is 0 Å². The van der Waals surface area contributed by atoms with Crippen LogP contribution in [0.5, 0.6) is 0 Å². The van der Waals surface area contributed by atoms with Gasteiger partial charge in [-0.1, -0.05) is 19.8 Å². The van der Waals surface area contributed by atoms with Crippen molar-refractivity contribution in [1.82, 2.24) is 0 Å². The third kappa shape index (κ3) is 4.20. The van der Waals surface area contributed by atoms with Crippen molar-refractivity contribution in [2.45, 2.75) is 32.5 Å². The number of ketones is 1. The second-order valence-electron chi connectivity index (χ2n) is 3.08. The molecule has 0 spiro atoms. The molecule has 0 bridgehead atoms. The van der Waals surface area contributed by atoms with Crippen molar-refractivity contribution in [2.75, 3.05) is 13.2 Å². The topological polar surface area (TPSA) is 35.5 Å². The predicted molar refractivity (Wildman–Crippen MR) is 49.4 cm³/mol. The van der Waals surface area contributed by atoms with Crippen LogP contribution < -0.4 is 0 Å². The number of hydrogen-bond acceptors (Lipinski definition) is 3. The zero-order chi connectivity index (χ0) is 9.52. The Morgan fingerprint density at radius 2 is 2.46 bits per heavy atom. The summed E-state index contributed by atoms with van der Waals surface area (Å²) >= 11 is 0. The van der Waals surface area contributed by atoms with Crippen molar-refractivity contribution in [3.63, 3.8) is 0 Å². The minimum atomic E-state index is -0.311. The largest absolute Gasteiger partial charge is 0.349 e. The molecule has 1 aliphatic heterocycles. The molecule has 0 unspecified atom stereocenters. The van der Waals surface area contributed by atoms with Gasteiger partial charge in [0.2, 0.25) is 0 Å². The Morgan fingerprint density at radius 3 is 3.08 bits per heavy atom. The summed E-state index contributed by atoms with van der Waals surface area (Å²) in [6.45, 7) is 3.00. The second kappa shape index (κ2) is 5.89. The van der Waals surface area contributed by atoms with E-state index in [9.17, 15) is 4.79 Å². The molecule has 0 amide bonds. The molecule has 13 heavy (non-hydrogen) atoms. The minimum absolute atomic E-state index is 0.00779. The molecule has 1 rings (SSSR count). The fourth-order valence-electron chi connectivity index (χ4n) is 1.11. The van der Waals surface area contributed by atoms with Gasteiger partial charge in [0, 0.05) is 0 Å². The average Bonchev–Trinajstić information content (AvgIpc) is 2.15. The van der Waals surface area contributed by atoms with Gasteiger partial charge in [-0.15, -0.1) is 0 Å². The SMILES string of the molecule is CCCCCO[C@H]1C=CC(=O)CO1. The highest BCUT2D eigenvalue weighted by molar-refractivity contribution is 5.91. The lowest BCUT2D eigenvalue weighted by Gasteiger charge is -2.17. The van der Waals surface area contributed by atoms with Crippen LogP contribution in [0.25, 0.3) is 0 Å². The summed E-state index contributed by atoms with van der Waals surface area (Å²) in [6.07, 6.45) is 6.29. The van der Waals surface area contributed by atoms with E-state index in [2.05, 4.69) is 6.92 Å². The van der Waals surface area contributed by atoms with Crippen molar-refractivity contribution in [3.8, 4) is 0 Å². The van der Waals surface area contributed by atoms with Gasteiger partial charge in [-0.05, 0) is 18.6 Å². The Morgan fingerprint density at radius 1 is 1.62 bits per heavy atom. The van der Waals surface area contributed by atoms with Crippen LogP contribution in [0.1, 0.15) is 26.2 Å². The van der Waals surface area contributed by atoms with E-state index in [1.807, 2.05) is 0 Å². The van der Waals surface area contributed by atoms with Gasteiger partial charge in [0.25, 0.3) is 0 Å². The molecule has 0 radical (unpaired) electrons. The Labute approximate surface area is 78.7 Å². The van der Waals surface area contributed by atoms with Crippen LogP contribution >= 0.6 is 0 Å². The van der Waals surface area contributed by atoms with Gasteiger partial charge in [-0.3, -0.25) is 4.79 Å². The number of carbonyl (C=O) groups is 1. The lowest BCUT2D eigenvalue weighted by Crippen LogP contribution is -2.23. The van der Waals surface area contributed by atoms with E-state index in [0.717, 1.165) is 6.42 Å². The first-order valence-corrected chi connectivity index (χ1v) is 4.77. The molecule has 74 valence electrons. The summed E-state index contributed by atoms with van der Waals surface area (Å²) in [5.41, 5.74) is 0. The average molecular weight is 184 g/mol. The van der Waals surface area contributed by atoms with Crippen molar-refractivity contribution >= 4 is 5.78 Å². The minimum Gasteiger partial charge on any atom is -0.349 e. The Balaban J connectivity index is 2.09. The zero-order valence-electron chi connectivity index (χ0n) is 7.99. The predicted octanol–water partition coefficient (Wildman–Crippen LogP) is 1.67. The molecule has 0 aromatic carbocycles. The van der Waals surface area contributed by atoms with E-state index >= 15 is 0 Å². The van der Waals surface area contributed by atoms with Gasteiger partial charge in [0.05, 0.1) is 6.61 Å². The third-order valence-corrected chi connectivity index (χ3v) is 1.86. The zero-order valence-corrected chi connectivity index (χ0v) is 7.99. The quantitative estimate of drug-likeness (QED) is 0.610. The molecular formula is C10H16O3. The molecule has 0 aromatic heterocycles. The highest BCUT2D eigenvalue weighted by Crippen LogP contribution is 2.05. The molecule has 0 N–H and O–H groups in total. The van der Waals surface area contributed by atoms with Crippen LogP contribution in [-0.4, -0.2) is 25.3 Å². The molecule has 0 aliphatic carbocycles. The summed E-state index contributed by atoms with van der Waals surface area (Å²) in [5.74, 6) is 0.00779. The van der Waals surface area contributed by atoms with Crippen LogP contribution in [0.3, 0.4) is 0 Å². The molecule has 0 fully saturated rings. The lowest BCUT2D eigenvalue weighted by atomic mass is 10.3. The molecule has 1 heterocycles. The third-order valence-electron chi connectivity index (χ3n) is 1.86. The van der Waals surface area contributed by atoms with Crippen molar-refractivity contribution in [2.24, 2.45) is 0 Å². The summed E-state index contributed by atoms with van der Waals surface area (Å²) in [7, 11) is 0. The fourth-order valence-corrected chi connectivity index (χ4v) is 1.11.